The molecule has 0 atom stereocenters. The zero-order chi connectivity index (χ0) is 14.9. The van der Waals surface area contributed by atoms with Gasteiger partial charge in [0.1, 0.15) is 12.4 Å². The Balaban J connectivity index is 1.80. The normalized spacial score (nSPS) is 14.4. The number of carbonyl (C=O) groups excluding carboxylic acids is 1. The molecule has 1 aliphatic heterocycles. The first-order valence-electron chi connectivity index (χ1n) is 7.18. The minimum absolute atomic E-state index is 0.0575. The molecular formula is C16H22N2O3. The molecule has 1 aliphatic rings. The molecule has 21 heavy (non-hydrogen) atoms. The van der Waals surface area contributed by atoms with Gasteiger partial charge in [0.05, 0.1) is 6.61 Å². The number of hydrogen-bond acceptors (Lipinski definition) is 4. The smallest absolute Gasteiger partial charge is 0.251 e. The third-order valence-corrected chi connectivity index (χ3v) is 3.31. The van der Waals surface area contributed by atoms with Crippen molar-refractivity contribution >= 4 is 5.91 Å². The highest BCUT2D eigenvalue weighted by Gasteiger charge is 2.08. The summed E-state index contributed by atoms with van der Waals surface area (Å²) in [6.45, 7) is 3.54. The minimum atomic E-state index is -0.0575. The Morgan fingerprint density at radius 1 is 1.29 bits per heavy atom. The third-order valence-electron chi connectivity index (χ3n) is 3.31. The number of carbonyl (C=O) groups is 1. The highest BCUT2D eigenvalue weighted by Crippen LogP contribution is 2.12. The van der Waals surface area contributed by atoms with Crippen LogP contribution >= 0.6 is 0 Å². The van der Waals surface area contributed by atoms with Crippen LogP contribution in [0.25, 0.3) is 0 Å². The number of methoxy groups -OCH3 is 1. The van der Waals surface area contributed by atoms with Gasteiger partial charge < -0.3 is 20.1 Å². The summed E-state index contributed by atoms with van der Waals surface area (Å²) in [6, 6.07) is 7.14. The highest BCUT2D eigenvalue weighted by molar-refractivity contribution is 5.94. The van der Waals surface area contributed by atoms with Gasteiger partial charge in [0, 0.05) is 25.8 Å². The molecule has 1 heterocycles. The largest absolute Gasteiger partial charge is 0.491 e. The first kappa shape index (κ1) is 15.5. The highest BCUT2D eigenvalue weighted by atomic mass is 16.5. The van der Waals surface area contributed by atoms with Crippen molar-refractivity contribution in [2.45, 2.75) is 6.42 Å². The lowest BCUT2D eigenvalue weighted by Crippen LogP contribution is -2.29. The number of ether oxygens (including phenoxy) is 2. The Hall–Kier alpha value is -1.85. The van der Waals surface area contributed by atoms with Gasteiger partial charge in [-0.25, -0.2) is 0 Å². The minimum Gasteiger partial charge on any atom is -0.491 e. The van der Waals surface area contributed by atoms with Crippen LogP contribution in [-0.4, -0.2) is 45.9 Å². The van der Waals surface area contributed by atoms with Crippen LogP contribution in [0.15, 0.2) is 35.9 Å². The summed E-state index contributed by atoms with van der Waals surface area (Å²) in [7, 11) is 1.63. The van der Waals surface area contributed by atoms with E-state index in [2.05, 4.69) is 16.7 Å². The standard InChI is InChI=1S/C16H22N2O3/c1-20-10-11-21-15-4-2-14(3-5-15)16(19)18-12-13-6-8-17-9-7-13/h2-6,17H,7-12H2,1H3,(H,18,19). The number of amides is 1. The zero-order valence-corrected chi connectivity index (χ0v) is 12.4. The molecule has 0 radical (unpaired) electrons. The van der Waals surface area contributed by atoms with Crippen LogP contribution in [0.4, 0.5) is 0 Å². The molecule has 0 fully saturated rings. The quantitative estimate of drug-likeness (QED) is 0.588. The monoisotopic (exact) mass is 290 g/mol. The molecule has 5 nitrogen and oxygen atoms in total. The summed E-state index contributed by atoms with van der Waals surface area (Å²) in [5, 5.41) is 6.19. The molecule has 0 bridgehead atoms. The molecule has 0 aromatic heterocycles. The van der Waals surface area contributed by atoms with Crippen LogP contribution < -0.4 is 15.4 Å². The van der Waals surface area contributed by atoms with Gasteiger partial charge in [-0.2, -0.15) is 0 Å². The fourth-order valence-electron chi connectivity index (χ4n) is 2.07. The summed E-state index contributed by atoms with van der Waals surface area (Å²) >= 11 is 0. The van der Waals surface area contributed by atoms with E-state index in [4.69, 9.17) is 9.47 Å². The average Bonchev–Trinajstić information content (AvgIpc) is 2.54. The number of nitrogens with one attached hydrogen (secondary N) is 2. The Bertz CT molecular complexity index is 483. The van der Waals surface area contributed by atoms with E-state index in [-0.39, 0.29) is 5.91 Å². The van der Waals surface area contributed by atoms with Crippen molar-refractivity contribution in [3.63, 3.8) is 0 Å². The van der Waals surface area contributed by atoms with Crippen molar-refractivity contribution in [2.75, 3.05) is 40.0 Å². The van der Waals surface area contributed by atoms with Gasteiger partial charge in [0.2, 0.25) is 0 Å². The molecule has 0 spiro atoms. The van der Waals surface area contributed by atoms with Gasteiger partial charge in [-0.15, -0.1) is 0 Å². The predicted molar refractivity (Wildman–Crippen MR) is 81.7 cm³/mol. The van der Waals surface area contributed by atoms with E-state index in [0.29, 0.717) is 25.3 Å². The molecule has 1 aromatic carbocycles. The lowest BCUT2D eigenvalue weighted by Gasteiger charge is -2.14. The molecule has 0 saturated carbocycles. The van der Waals surface area contributed by atoms with Gasteiger partial charge >= 0.3 is 0 Å². The van der Waals surface area contributed by atoms with Crippen molar-refractivity contribution in [2.24, 2.45) is 0 Å². The van der Waals surface area contributed by atoms with Gasteiger partial charge in [-0.1, -0.05) is 11.6 Å². The second kappa shape index (κ2) is 8.44. The van der Waals surface area contributed by atoms with E-state index in [1.165, 1.54) is 5.57 Å². The summed E-state index contributed by atoms with van der Waals surface area (Å²) in [6.07, 6.45) is 3.13. The summed E-state index contributed by atoms with van der Waals surface area (Å²) in [5.74, 6) is 0.683. The maximum atomic E-state index is 12.0. The van der Waals surface area contributed by atoms with E-state index in [9.17, 15) is 4.79 Å². The van der Waals surface area contributed by atoms with Crippen LogP contribution in [0.5, 0.6) is 5.75 Å². The van der Waals surface area contributed by atoms with E-state index in [1.54, 1.807) is 31.4 Å². The van der Waals surface area contributed by atoms with Crippen LogP contribution in [-0.2, 0) is 4.74 Å². The molecule has 0 saturated heterocycles. The lowest BCUT2D eigenvalue weighted by molar-refractivity contribution is 0.0956. The SMILES string of the molecule is COCCOc1ccc(C(=O)NCC2=CCNCC2)cc1. The van der Waals surface area contributed by atoms with Gasteiger partial charge in [-0.05, 0) is 37.2 Å². The maximum absolute atomic E-state index is 12.0. The van der Waals surface area contributed by atoms with Crippen molar-refractivity contribution in [1.82, 2.24) is 10.6 Å². The van der Waals surface area contributed by atoms with Crippen molar-refractivity contribution in [3.8, 4) is 5.75 Å². The molecular weight excluding hydrogens is 268 g/mol. The van der Waals surface area contributed by atoms with Gasteiger partial charge in [0.25, 0.3) is 5.91 Å². The molecule has 2 rings (SSSR count). The fourth-order valence-corrected chi connectivity index (χ4v) is 2.07. The summed E-state index contributed by atoms with van der Waals surface area (Å²) in [4.78, 5) is 12.0. The van der Waals surface area contributed by atoms with Crippen LogP contribution in [0.3, 0.4) is 0 Å². The number of rotatable bonds is 7. The summed E-state index contributed by atoms with van der Waals surface area (Å²) in [5.41, 5.74) is 1.92. The molecule has 1 amide bonds. The van der Waals surface area contributed by atoms with Crippen molar-refractivity contribution in [1.29, 1.82) is 0 Å². The third kappa shape index (κ3) is 5.21. The van der Waals surface area contributed by atoms with Crippen LogP contribution in [0.2, 0.25) is 0 Å². The molecule has 114 valence electrons. The zero-order valence-electron chi connectivity index (χ0n) is 12.4. The Morgan fingerprint density at radius 3 is 2.76 bits per heavy atom. The lowest BCUT2D eigenvalue weighted by atomic mass is 10.1. The topological polar surface area (TPSA) is 59.6 Å². The van der Waals surface area contributed by atoms with E-state index < -0.39 is 0 Å². The first-order valence-corrected chi connectivity index (χ1v) is 7.18. The predicted octanol–water partition coefficient (Wildman–Crippen LogP) is 1.36. The Labute approximate surface area is 125 Å². The molecule has 0 unspecified atom stereocenters. The fraction of sp³-hybridized carbons (Fsp3) is 0.438. The van der Waals surface area contributed by atoms with Gasteiger partial charge in [0.15, 0.2) is 0 Å². The number of hydrogen-bond donors (Lipinski definition) is 2. The number of benzene rings is 1. The maximum Gasteiger partial charge on any atom is 0.251 e. The molecule has 5 heteroatoms. The van der Waals surface area contributed by atoms with Crippen LogP contribution in [0, 0.1) is 0 Å². The molecule has 0 aliphatic carbocycles. The van der Waals surface area contributed by atoms with Crippen molar-refractivity contribution in [3.05, 3.63) is 41.5 Å². The van der Waals surface area contributed by atoms with E-state index in [0.717, 1.165) is 25.3 Å². The first-order chi connectivity index (χ1) is 10.3. The second-order valence-corrected chi connectivity index (χ2v) is 4.86. The van der Waals surface area contributed by atoms with E-state index >= 15 is 0 Å². The van der Waals surface area contributed by atoms with Crippen molar-refractivity contribution < 1.29 is 14.3 Å². The molecule has 1 aromatic rings. The molecule has 2 N–H and O–H groups in total. The van der Waals surface area contributed by atoms with Gasteiger partial charge in [-0.3, -0.25) is 4.79 Å². The summed E-state index contributed by atoms with van der Waals surface area (Å²) < 4.78 is 10.4. The second-order valence-electron chi connectivity index (χ2n) is 4.86. The average molecular weight is 290 g/mol. The Morgan fingerprint density at radius 2 is 2.10 bits per heavy atom. The van der Waals surface area contributed by atoms with E-state index in [1.807, 2.05) is 0 Å². The Kier molecular flexibility index (Phi) is 6.24. The van der Waals surface area contributed by atoms with Crippen LogP contribution in [0.1, 0.15) is 16.8 Å².